The minimum Gasteiger partial charge on any atom is -0.364 e. The lowest BCUT2D eigenvalue weighted by Crippen LogP contribution is -2.55. The number of nitrogens with zero attached hydrogens (tertiary/aromatic N) is 4. The van der Waals surface area contributed by atoms with E-state index in [0.29, 0.717) is 10.5 Å². The number of carbonyl (C=O) groups excluding carboxylic acids is 1. The van der Waals surface area contributed by atoms with Crippen LogP contribution in [0.3, 0.4) is 0 Å². The minimum absolute atomic E-state index is 0.196. The van der Waals surface area contributed by atoms with Crippen LogP contribution in [0.1, 0.15) is 48.8 Å². The molecule has 3 atom stereocenters. The molecular formula is C24H31N6O+. The van der Waals surface area contributed by atoms with Crippen LogP contribution in [0, 0.1) is 0 Å². The fourth-order valence-electron chi connectivity index (χ4n) is 5.68. The molecule has 1 saturated heterocycles. The number of para-hydroxylation sites is 1. The molecule has 3 aromatic rings. The highest BCUT2D eigenvalue weighted by Crippen LogP contribution is 2.37. The summed E-state index contributed by atoms with van der Waals surface area (Å²) < 4.78 is 0.534. The minimum atomic E-state index is -0.226. The van der Waals surface area contributed by atoms with E-state index in [1.54, 1.807) is 0 Å². The number of carbonyl (C=O) groups is 1. The highest BCUT2D eigenvalue weighted by Gasteiger charge is 2.45. The van der Waals surface area contributed by atoms with Crippen LogP contribution in [0.25, 0.3) is 11.0 Å². The monoisotopic (exact) mass is 419 g/mol. The zero-order valence-corrected chi connectivity index (χ0v) is 18.3. The van der Waals surface area contributed by atoms with Gasteiger partial charge in [0.1, 0.15) is 11.3 Å². The fraction of sp³-hybridized carbons (Fsp3) is 0.458. The maximum atomic E-state index is 12.1. The number of benzene rings is 1. The molecule has 0 saturated carbocycles. The Bertz CT molecular complexity index is 1120. The Kier molecular flexibility index (Phi) is 5.02. The third-order valence-electron chi connectivity index (χ3n) is 7.30. The summed E-state index contributed by atoms with van der Waals surface area (Å²) in [5.74, 6) is 0.713. The van der Waals surface area contributed by atoms with Gasteiger partial charge in [0.05, 0.1) is 37.4 Å². The normalized spacial score (nSPS) is 25.8. The van der Waals surface area contributed by atoms with Gasteiger partial charge in [-0.15, -0.1) is 0 Å². The molecule has 162 valence electrons. The maximum Gasteiger partial charge on any atom is 0.276 e. The van der Waals surface area contributed by atoms with E-state index in [-0.39, 0.29) is 11.9 Å². The molecule has 31 heavy (non-hydrogen) atoms. The Hall–Kier alpha value is -2.77. The molecule has 2 aromatic heterocycles. The third kappa shape index (κ3) is 3.42. The summed E-state index contributed by atoms with van der Waals surface area (Å²) in [7, 11) is 4.27. The van der Waals surface area contributed by atoms with Gasteiger partial charge >= 0.3 is 0 Å². The summed E-state index contributed by atoms with van der Waals surface area (Å²) in [5, 5.41) is 0. The number of amides is 1. The number of imidazole rings is 1. The van der Waals surface area contributed by atoms with Gasteiger partial charge in [-0.2, -0.15) is 0 Å². The average Bonchev–Trinajstić information content (AvgIpc) is 3.36. The molecule has 0 spiro atoms. The Balaban J connectivity index is 1.45. The second-order valence-electron chi connectivity index (χ2n) is 9.28. The number of H-pyrrole nitrogens is 1. The molecule has 3 heterocycles. The third-order valence-corrected chi connectivity index (χ3v) is 7.30. The van der Waals surface area contributed by atoms with E-state index in [9.17, 15) is 4.79 Å². The van der Waals surface area contributed by atoms with Crippen LogP contribution in [0.15, 0.2) is 36.5 Å². The van der Waals surface area contributed by atoms with E-state index in [2.05, 4.69) is 47.2 Å². The molecule has 2 unspecified atom stereocenters. The summed E-state index contributed by atoms with van der Waals surface area (Å²) in [6.07, 6.45) is 7.13. The molecule has 3 N–H and O–H groups in total. The first-order chi connectivity index (χ1) is 15.0. The van der Waals surface area contributed by atoms with Crippen molar-refractivity contribution < 1.29 is 4.79 Å². The van der Waals surface area contributed by atoms with Crippen LogP contribution >= 0.6 is 0 Å². The molecular weight excluding hydrogens is 388 g/mol. The first kappa shape index (κ1) is 20.2. The highest BCUT2D eigenvalue weighted by molar-refractivity contribution is 5.91. The molecule has 1 aliphatic carbocycles. The zero-order chi connectivity index (χ0) is 21.6. The average molecular weight is 420 g/mol. The number of aromatic amines is 1. The van der Waals surface area contributed by atoms with Crippen LogP contribution in [-0.2, 0) is 17.8 Å². The molecule has 1 aromatic carbocycles. The maximum absolute atomic E-state index is 12.1. The summed E-state index contributed by atoms with van der Waals surface area (Å²) in [6, 6.07) is 10.5. The van der Waals surface area contributed by atoms with Gasteiger partial charge in [-0.1, -0.05) is 12.1 Å². The number of aromatic nitrogens is 3. The number of pyridine rings is 1. The molecule has 5 rings (SSSR count). The van der Waals surface area contributed by atoms with Gasteiger partial charge in [-0.25, -0.2) is 4.98 Å². The van der Waals surface area contributed by atoms with Crippen molar-refractivity contribution >= 4 is 22.6 Å². The predicted molar refractivity (Wildman–Crippen MR) is 122 cm³/mol. The van der Waals surface area contributed by atoms with Gasteiger partial charge in [-0.05, 0) is 44.0 Å². The smallest absolute Gasteiger partial charge is 0.276 e. The largest absolute Gasteiger partial charge is 0.364 e. The van der Waals surface area contributed by atoms with Crippen LogP contribution in [0.5, 0.6) is 0 Å². The van der Waals surface area contributed by atoms with Crippen molar-refractivity contribution in [2.24, 2.45) is 5.73 Å². The Morgan fingerprint density at radius 1 is 1.26 bits per heavy atom. The molecule has 1 aliphatic heterocycles. The van der Waals surface area contributed by atoms with Gasteiger partial charge in [0, 0.05) is 25.1 Å². The SMILES string of the molecule is CN(Cc1nc2c([N+]3(C)CCC[C@H]3C(N)=O)cccc2[nH]1)C1CCCc2cccnc21. The Morgan fingerprint density at radius 2 is 2.13 bits per heavy atom. The summed E-state index contributed by atoms with van der Waals surface area (Å²) in [4.78, 5) is 27.7. The quantitative estimate of drug-likeness (QED) is 0.622. The van der Waals surface area contributed by atoms with Crippen molar-refractivity contribution in [3.63, 3.8) is 0 Å². The van der Waals surface area contributed by atoms with Crippen LogP contribution in [-0.4, -0.2) is 52.4 Å². The molecule has 7 heteroatoms. The van der Waals surface area contributed by atoms with Gasteiger partial charge in [0.15, 0.2) is 11.7 Å². The molecule has 2 aliphatic rings. The van der Waals surface area contributed by atoms with Crippen molar-refractivity contribution in [3.05, 3.63) is 53.6 Å². The highest BCUT2D eigenvalue weighted by atomic mass is 16.1. The number of likely N-dealkylation sites (N-methyl/N-ethyl adjacent to an activating group) is 1. The van der Waals surface area contributed by atoms with Crippen molar-refractivity contribution in [2.75, 3.05) is 20.6 Å². The van der Waals surface area contributed by atoms with Crippen LogP contribution in [0.2, 0.25) is 0 Å². The second kappa shape index (κ2) is 7.73. The standard InChI is InChI=1S/C24H30N6O/c1-29(18-10-3-7-16-8-5-13-26-22(16)18)15-21-27-17-9-4-11-19(23(17)28-21)30(2)14-6-12-20(30)24(25)31/h4-5,8-9,11,13,18,20H,3,6-7,10,12,14-15H2,1-2H3,(H2-,25,27,28,31)/p+1/t18?,20-,30?/m0/s1. The van der Waals surface area contributed by atoms with E-state index in [4.69, 9.17) is 10.7 Å². The topological polar surface area (TPSA) is 87.9 Å². The van der Waals surface area contributed by atoms with Gasteiger partial charge < -0.3 is 10.7 Å². The molecule has 7 nitrogen and oxygen atoms in total. The number of quaternary nitrogens is 1. The number of rotatable bonds is 5. The van der Waals surface area contributed by atoms with Crippen molar-refractivity contribution in [1.82, 2.24) is 24.3 Å². The summed E-state index contributed by atoms with van der Waals surface area (Å²) in [6.45, 7) is 1.62. The first-order valence-corrected chi connectivity index (χ1v) is 11.2. The van der Waals surface area contributed by atoms with E-state index < -0.39 is 0 Å². The number of nitrogens with two attached hydrogens (primary N) is 1. The van der Waals surface area contributed by atoms with E-state index in [0.717, 1.165) is 61.3 Å². The number of nitrogens with one attached hydrogen (secondary N) is 1. The molecule has 0 bridgehead atoms. The van der Waals surface area contributed by atoms with Crippen LogP contribution in [0.4, 0.5) is 5.69 Å². The van der Waals surface area contributed by atoms with Crippen molar-refractivity contribution in [2.45, 2.75) is 50.7 Å². The van der Waals surface area contributed by atoms with E-state index >= 15 is 0 Å². The number of fused-ring (bicyclic) bond motifs is 2. The van der Waals surface area contributed by atoms with Crippen LogP contribution < -0.4 is 10.2 Å². The number of aryl methyl sites for hydroxylation is 1. The lowest BCUT2D eigenvalue weighted by molar-refractivity contribution is -0.121. The Labute approximate surface area is 182 Å². The zero-order valence-electron chi connectivity index (χ0n) is 18.3. The number of hydrogen-bond acceptors (Lipinski definition) is 4. The van der Waals surface area contributed by atoms with Gasteiger partial charge in [-0.3, -0.25) is 19.2 Å². The first-order valence-electron chi connectivity index (χ1n) is 11.2. The second-order valence-corrected chi connectivity index (χ2v) is 9.28. The van der Waals surface area contributed by atoms with E-state index in [1.807, 2.05) is 18.3 Å². The lowest BCUT2D eigenvalue weighted by Gasteiger charge is -2.34. The number of hydrogen-bond donors (Lipinski definition) is 2. The molecule has 1 fully saturated rings. The van der Waals surface area contributed by atoms with Crippen molar-refractivity contribution in [1.29, 1.82) is 0 Å². The predicted octanol–water partition coefficient (Wildman–Crippen LogP) is 3.05. The van der Waals surface area contributed by atoms with E-state index in [1.165, 1.54) is 17.7 Å². The Morgan fingerprint density at radius 3 is 2.97 bits per heavy atom. The summed E-state index contributed by atoms with van der Waals surface area (Å²) >= 11 is 0. The number of likely N-dealkylation sites (tertiary alicyclic amines) is 1. The number of primary amides is 1. The molecule has 1 amide bonds. The van der Waals surface area contributed by atoms with Crippen molar-refractivity contribution in [3.8, 4) is 0 Å². The van der Waals surface area contributed by atoms with Gasteiger partial charge in [0.25, 0.3) is 5.91 Å². The summed E-state index contributed by atoms with van der Waals surface area (Å²) in [5.41, 5.74) is 11.4. The molecule has 0 radical (unpaired) electrons. The fourth-order valence-corrected chi connectivity index (χ4v) is 5.68. The van der Waals surface area contributed by atoms with Gasteiger partial charge in [0.2, 0.25) is 0 Å². The lowest BCUT2D eigenvalue weighted by atomic mass is 9.91.